The number of anilines is 1. The van der Waals surface area contributed by atoms with E-state index in [1.807, 2.05) is 31.3 Å². The molecule has 0 aliphatic heterocycles. The van der Waals surface area contributed by atoms with E-state index in [4.69, 9.17) is 0 Å². The van der Waals surface area contributed by atoms with E-state index in [2.05, 4.69) is 25.3 Å². The number of nitrogens with zero attached hydrogens (tertiary/aromatic N) is 3. The van der Waals surface area contributed by atoms with E-state index in [1.54, 1.807) is 12.3 Å². The van der Waals surface area contributed by atoms with Gasteiger partial charge in [-0.15, -0.1) is 0 Å². The van der Waals surface area contributed by atoms with Gasteiger partial charge in [0.05, 0.1) is 11.2 Å². The van der Waals surface area contributed by atoms with Gasteiger partial charge in [0.2, 0.25) is 5.95 Å². The molecule has 0 saturated heterocycles. The lowest BCUT2D eigenvalue weighted by molar-refractivity contribution is 0.585. The molecule has 0 aromatic carbocycles. The van der Waals surface area contributed by atoms with E-state index in [0.29, 0.717) is 23.6 Å². The van der Waals surface area contributed by atoms with Crippen molar-refractivity contribution in [2.75, 3.05) is 11.9 Å². The predicted octanol–water partition coefficient (Wildman–Crippen LogP) is 3.74. The Bertz CT molecular complexity index is 1010. The van der Waals surface area contributed by atoms with Gasteiger partial charge in [0.25, 0.3) is 0 Å². The van der Waals surface area contributed by atoms with Gasteiger partial charge in [-0.1, -0.05) is 0 Å². The maximum absolute atomic E-state index is 13.7. The number of rotatable bonds is 3. The average molecular weight is 307 g/mol. The minimum absolute atomic E-state index is 0.505. The summed E-state index contributed by atoms with van der Waals surface area (Å²) in [6, 6.07) is 8.95. The molecule has 0 spiro atoms. The molecule has 6 heteroatoms. The molecule has 4 aromatic heterocycles. The second-order valence-electron chi connectivity index (χ2n) is 5.23. The molecule has 0 radical (unpaired) electrons. The molecular formula is C17H14FN5. The van der Waals surface area contributed by atoms with Crippen LogP contribution in [0.3, 0.4) is 0 Å². The molecule has 0 aliphatic carbocycles. The lowest BCUT2D eigenvalue weighted by Gasteiger charge is -2.06. The fraction of sp³-hybridized carbons (Fsp3) is 0.118. The molecule has 0 aliphatic rings. The lowest BCUT2D eigenvalue weighted by atomic mass is 10.1. The number of hydrogen-bond acceptors (Lipinski definition) is 4. The highest BCUT2D eigenvalue weighted by Crippen LogP contribution is 2.27. The highest BCUT2D eigenvalue weighted by Gasteiger charge is 2.09. The highest BCUT2D eigenvalue weighted by atomic mass is 19.1. The number of hydrogen-bond donors (Lipinski definition) is 2. The molecule has 0 atom stereocenters. The van der Waals surface area contributed by atoms with Crippen LogP contribution in [0.15, 0.2) is 42.7 Å². The van der Waals surface area contributed by atoms with Crippen molar-refractivity contribution in [3.05, 3.63) is 48.7 Å². The van der Waals surface area contributed by atoms with E-state index in [-0.39, 0.29) is 0 Å². The molecule has 0 unspecified atom stereocenters. The SMILES string of the molecule is CCNc1cc(-c2ccc3c(n2)[nH]c2ccncc23)cc(F)n1. The van der Waals surface area contributed by atoms with Crippen LogP contribution in [0.2, 0.25) is 0 Å². The van der Waals surface area contributed by atoms with Gasteiger partial charge in [-0.3, -0.25) is 4.98 Å². The van der Waals surface area contributed by atoms with E-state index in [9.17, 15) is 4.39 Å². The number of aromatic amines is 1. The molecule has 4 aromatic rings. The fourth-order valence-corrected chi connectivity index (χ4v) is 2.69. The van der Waals surface area contributed by atoms with Gasteiger partial charge in [-0.2, -0.15) is 4.39 Å². The molecule has 4 rings (SSSR count). The molecule has 0 saturated carbocycles. The molecule has 0 amide bonds. The first-order valence-corrected chi connectivity index (χ1v) is 7.39. The van der Waals surface area contributed by atoms with Crippen LogP contribution in [0.25, 0.3) is 33.2 Å². The summed E-state index contributed by atoms with van der Waals surface area (Å²) in [5.74, 6) is -0.0218. The summed E-state index contributed by atoms with van der Waals surface area (Å²) >= 11 is 0. The number of fused-ring (bicyclic) bond motifs is 3. The Balaban J connectivity index is 1.87. The zero-order valence-electron chi connectivity index (χ0n) is 12.5. The molecule has 4 heterocycles. The highest BCUT2D eigenvalue weighted by molar-refractivity contribution is 6.05. The minimum atomic E-state index is -0.527. The van der Waals surface area contributed by atoms with E-state index < -0.39 is 5.95 Å². The predicted molar refractivity (Wildman–Crippen MR) is 88.7 cm³/mol. The van der Waals surface area contributed by atoms with E-state index in [1.165, 1.54) is 6.07 Å². The molecule has 23 heavy (non-hydrogen) atoms. The monoisotopic (exact) mass is 307 g/mol. The van der Waals surface area contributed by atoms with Crippen molar-refractivity contribution in [3.63, 3.8) is 0 Å². The molecule has 0 fully saturated rings. The number of aromatic nitrogens is 4. The summed E-state index contributed by atoms with van der Waals surface area (Å²) in [5.41, 5.74) is 3.12. The molecular weight excluding hydrogens is 293 g/mol. The maximum atomic E-state index is 13.7. The number of halogens is 1. The van der Waals surface area contributed by atoms with Crippen LogP contribution in [0.4, 0.5) is 10.2 Å². The first kappa shape index (κ1) is 13.6. The summed E-state index contributed by atoms with van der Waals surface area (Å²) in [4.78, 5) is 15.9. The van der Waals surface area contributed by atoms with Gasteiger partial charge < -0.3 is 10.3 Å². The zero-order valence-corrected chi connectivity index (χ0v) is 12.5. The van der Waals surface area contributed by atoms with Crippen LogP contribution >= 0.6 is 0 Å². The normalized spacial score (nSPS) is 11.2. The second kappa shape index (κ2) is 5.31. The smallest absolute Gasteiger partial charge is 0.215 e. The molecule has 2 N–H and O–H groups in total. The standard InChI is InChI=1S/C17H14FN5/c1-2-20-16-8-10(7-15(18)23-16)13-4-3-11-12-9-19-6-5-14(12)22-17(11)21-13/h3-9H,2H2,1H3,(H,20,23)(H,21,22). The minimum Gasteiger partial charge on any atom is -0.370 e. The second-order valence-corrected chi connectivity index (χ2v) is 5.23. The van der Waals surface area contributed by atoms with Crippen LogP contribution in [-0.2, 0) is 0 Å². The first-order valence-electron chi connectivity index (χ1n) is 7.39. The van der Waals surface area contributed by atoms with E-state index >= 15 is 0 Å². The molecule has 5 nitrogen and oxygen atoms in total. The molecule has 0 bridgehead atoms. The number of nitrogens with one attached hydrogen (secondary N) is 2. The van der Waals surface area contributed by atoms with Gasteiger partial charge in [0.15, 0.2) is 0 Å². The third kappa shape index (κ3) is 2.38. The molecule has 114 valence electrons. The van der Waals surface area contributed by atoms with E-state index in [0.717, 1.165) is 21.9 Å². The number of pyridine rings is 3. The van der Waals surface area contributed by atoms with Crippen LogP contribution < -0.4 is 5.32 Å². The van der Waals surface area contributed by atoms with Gasteiger partial charge in [0, 0.05) is 41.3 Å². The topological polar surface area (TPSA) is 66.5 Å². The number of H-pyrrole nitrogens is 1. The van der Waals surface area contributed by atoms with Crippen molar-refractivity contribution in [2.24, 2.45) is 0 Å². The Kier molecular flexibility index (Phi) is 3.15. The Morgan fingerprint density at radius 1 is 1.13 bits per heavy atom. The Hall–Kier alpha value is -3.02. The Labute approximate surface area is 131 Å². The van der Waals surface area contributed by atoms with Crippen molar-refractivity contribution in [1.82, 2.24) is 19.9 Å². The van der Waals surface area contributed by atoms with Crippen molar-refractivity contribution in [2.45, 2.75) is 6.92 Å². The third-order valence-corrected chi connectivity index (χ3v) is 3.71. The van der Waals surface area contributed by atoms with Crippen LogP contribution in [0.1, 0.15) is 6.92 Å². The van der Waals surface area contributed by atoms with Crippen molar-refractivity contribution in [3.8, 4) is 11.3 Å². The zero-order chi connectivity index (χ0) is 15.8. The van der Waals surface area contributed by atoms with Crippen LogP contribution in [-0.4, -0.2) is 26.5 Å². The van der Waals surface area contributed by atoms with Gasteiger partial charge in [0.1, 0.15) is 11.5 Å². The fourth-order valence-electron chi connectivity index (χ4n) is 2.69. The van der Waals surface area contributed by atoms with Crippen LogP contribution in [0, 0.1) is 5.95 Å². The lowest BCUT2D eigenvalue weighted by Crippen LogP contribution is -2.01. The van der Waals surface area contributed by atoms with Crippen molar-refractivity contribution in [1.29, 1.82) is 0 Å². The van der Waals surface area contributed by atoms with Crippen molar-refractivity contribution >= 4 is 27.8 Å². The van der Waals surface area contributed by atoms with Gasteiger partial charge in [-0.25, -0.2) is 9.97 Å². The maximum Gasteiger partial charge on any atom is 0.215 e. The quantitative estimate of drug-likeness (QED) is 0.566. The van der Waals surface area contributed by atoms with Gasteiger partial charge >= 0.3 is 0 Å². The summed E-state index contributed by atoms with van der Waals surface area (Å²) in [6.45, 7) is 2.62. The Morgan fingerprint density at radius 3 is 2.91 bits per heavy atom. The van der Waals surface area contributed by atoms with Crippen molar-refractivity contribution < 1.29 is 4.39 Å². The summed E-state index contributed by atoms with van der Waals surface area (Å²) in [7, 11) is 0. The van der Waals surface area contributed by atoms with Gasteiger partial charge in [-0.05, 0) is 31.2 Å². The summed E-state index contributed by atoms with van der Waals surface area (Å²) < 4.78 is 13.7. The Morgan fingerprint density at radius 2 is 2.04 bits per heavy atom. The average Bonchev–Trinajstić information content (AvgIpc) is 2.92. The summed E-state index contributed by atoms with van der Waals surface area (Å²) in [5, 5.41) is 5.04. The third-order valence-electron chi connectivity index (χ3n) is 3.71. The summed E-state index contributed by atoms with van der Waals surface area (Å²) in [6.07, 6.45) is 3.55. The largest absolute Gasteiger partial charge is 0.370 e. The van der Waals surface area contributed by atoms with Crippen LogP contribution in [0.5, 0.6) is 0 Å². The first-order chi connectivity index (χ1) is 11.2.